The number of halogens is 1. The number of Topliss-reactive ketones (excluding diaryl/α,β-unsaturated/α-hetero) is 1. The third-order valence-electron chi connectivity index (χ3n) is 1.39. The second-order valence-corrected chi connectivity index (χ2v) is 2.64. The molecule has 0 aliphatic carbocycles. The summed E-state index contributed by atoms with van der Waals surface area (Å²) >= 11 is 5.76. The first-order valence-electron chi connectivity index (χ1n) is 3.36. The van der Waals surface area contributed by atoms with E-state index in [0.717, 1.165) is 0 Å². The van der Waals surface area contributed by atoms with Crippen molar-refractivity contribution in [1.82, 2.24) is 4.98 Å². The number of methoxy groups -OCH3 is 1. The van der Waals surface area contributed by atoms with E-state index in [0.29, 0.717) is 10.8 Å². The van der Waals surface area contributed by atoms with Gasteiger partial charge in [-0.1, -0.05) is 11.6 Å². The van der Waals surface area contributed by atoms with Crippen molar-refractivity contribution in [2.75, 3.05) is 7.11 Å². The van der Waals surface area contributed by atoms with Gasteiger partial charge in [0.1, 0.15) is 5.69 Å². The summed E-state index contributed by atoms with van der Waals surface area (Å²) in [4.78, 5) is 14.8. The lowest BCUT2D eigenvalue weighted by Gasteiger charge is -2.05. The second-order valence-electron chi connectivity index (χ2n) is 2.23. The molecule has 0 fully saturated rings. The molecule has 1 heterocycles. The van der Waals surface area contributed by atoms with Crippen molar-refractivity contribution in [1.29, 1.82) is 0 Å². The van der Waals surface area contributed by atoms with Crippen molar-refractivity contribution in [3.8, 4) is 5.75 Å². The Balaban J connectivity index is 3.27. The Morgan fingerprint density at radius 2 is 2.33 bits per heavy atom. The largest absolute Gasteiger partial charge is 0.493 e. The molecule has 0 saturated carbocycles. The van der Waals surface area contributed by atoms with Crippen molar-refractivity contribution in [3.63, 3.8) is 0 Å². The van der Waals surface area contributed by atoms with E-state index < -0.39 is 0 Å². The van der Waals surface area contributed by atoms with Gasteiger partial charge >= 0.3 is 0 Å². The minimum Gasteiger partial charge on any atom is -0.493 e. The number of nitrogens with zero attached hydrogens (tertiary/aromatic N) is 1. The highest BCUT2D eigenvalue weighted by Crippen LogP contribution is 2.26. The Hall–Kier alpha value is -1.09. The molecule has 0 aromatic carbocycles. The molecule has 3 nitrogen and oxygen atoms in total. The average molecular weight is 186 g/mol. The highest BCUT2D eigenvalue weighted by atomic mass is 35.5. The lowest BCUT2D eigenvalue weighted by atomic mass is 10.2. The van der Waals surface area contributed by atoms with Crippen LogP contribution in [0.5, 0.6) is 5.75 Å². The van der Waals surface area contributed by atoms with Crippen LogP contribution in [0.15, 0.2) is 12.3 Å². The van der Waals surface area contributed by atoms with Crippen LogP contribution in [-0.2, 0) is 0 Å². The summed E-state index contributed by atoms with van der Waals surface area (Å²) in [6.45, 7) is 1.42. The fraction of sp³-hybridized carbons (Fsp3) is 0.250. The van der Waals surface area contributed by atoms with Crippen molar-refractivity contribution < 1.29 is 9.53 Å². The van der Waals surface area contributed by atoms with E-state index in [1.54, 1.807) is 6.07 Å². The van der Waals surface area contributed by atoms with Gasteiger partial charge < -0.3 is 4.74 Å². The number of aromatic nitrogens is 1. The third kappa shape index (κ3) is 1.56. The fourth-order valence-corrected chi connectivity index (χ4v) is 1.09. The molecule has 0 unspecified atom stereocenters. The zero-order valence-electron chi connectivity index (χ0n) is 6.80. The molecular formula is C8H8ClNO2. The van der Waals surface area contributed by atoms with Crippen LogP contribution < -0.4 is 4.74 Å². The van der Waals surface area contributed by atoms with Gasteiger partial charge in [-0.05, 0) is 6.07 Å². The Morgan fingerprint density at radius 1 is 1.67 bits per heavy atom. The number of carbonyl (C=O) groups is 1. The Kier molecular flexibility index (Phi) is 2.65. The summed E-state index contributed by atoms with van der Waals surface area (Å²) in [7, 11) is 1.45. The monoisotopic (exact) mass is 185 g/mol. The van der Waals surface area contributed by atoms with E-state index >= 15 is 0 Å². The van der Waals surface area contributed by atoms with Gasteiger partial charge in [0.15, 0.2) is 11.5 Å². The lowest BCUT2D eigenvalue weighted by molar-refractivity contribution is 0.101. The van der Waals surface area contributed by atoms with Crippen LogP contribution in [0.25, 0.3) is 0 Å². The topological polar surface area (TPSA) is 39.2 Å². The summed E-state index contributed by atoms with van der Waals surface area (Å²) in [5.74, 6) is 0.181. The molecule has 0 bridgehead atoms. The van der Waals surface area contributed by atoms with Crippen molar-refractivity contribution in [2.24, 2.45) is 0 Å². The van der Waals surface area contributed by atoms with Gasteiger partial charge in [0, 0.05) is 13.1 Å². The number of hydrogen-bond acceptors (Lipinski definition) is 3. The van der Waals surface area contributed by atoms with Gasteiger partial charge in [-0.2, -0.15) is 0 Å². The summed E-state index contributed by atoms with van der Waals surface area (Å²) in [6.07, 6.45) is 1.47. The lowest BCUT2D eigenvalue weighted by Crippen LogP contribution is -2.00. The molecule has 0 N–H and O–H groups in total. The first-order chi connectivity index (χ1) is 5.66. The molecule has 4 heteroatoms. The van der Waals surface area contributed by atoms with Crippen molar-refractivity contribution in [2.45, 2.75) is 6.92 Å². The number of hydrogen-bond donors (Lipinski definition) is 0. The minimum absolute atomic E-state index is 0.158. The smallest absolute Gasteiger partial charge is 0.181 e. The highest BCUT2D eigenvalue weighted by molar-refractivity contribution is 6.32. The predicted octanol–water partition coefficient (Wildman–Crippen LogP) is 1.95. The van der Waals surface area contributed by atoms with Gasteiger partial charge in [-0.25, -0.2) is 4.98 Å². The van der Waals surface area contributed by atoms with Crippen LogP contribution in [-0.4, -0.2) is 17.9 Å². The summed E-state index contributed by atoms with van der Waals surface area (Å²) in [5.41, 5.74) is 0.269. The Morgan fingerprint density at radius 3 is 2.75 bits per heavy atom. The van der Waals surface area contributed by atoms with Gasteiger partial charge in [-0.15, -0.1) is 0 Å². The standard InChI is InChI=1S/C8H8ClNO2/c1-5(11)7-8(12-2)6(9)3-4-10-7/h3-4H,1-2H3. The molecule has 0 aliphatic heterocycles. The van der Waals surface area contributed by atoms with Crippen molar-refractivity contribution in [3.05, 3.63) is 23.0 Å². The molecule has 1 rings (SSSR count). The summed E-state index contributed by atoms with van der Waals surface area (Å²) in [5, 5.41) is 0.401. The van der Waals surface area contributed by atoms with Gasteiger partial charge in [-0.3, -0.25) is 4.79 Å². The van der Waals surface area contributed by atoms with E-state index in [2.05, 4.69) is 4.98 Å². The fourth-order valence-electron chi connectivity index (χ4n) is 0.870. The molecule has 0 amide bonds. The molecule has 0 spiro atoms. The third-order valence-corrected chi connectivity index (χ3v) is 1.69. The summed E-state index contributed by atoms with van der Waals surface area (Å²) < 4.78 is 4.92. The van der Waals surface area contributed by atoms with E-state index in [4.69, 9.17) is 16.3 Å². The predicted molar refractivity (Wildman–Crippen MR) is 45.8 cm³/mol. The van der Waals surface area contributed by atoms with Crippen LogP contribution >= 0.6 is 11.6 Å². The molecule has 0 saturated heterocycles. The molecule has 0 atom stereocenters. The van der Waals surface area contributed by atoms with E-state index in [-0.39, 0.29) is 11.5 Å². The Bertz CT molecular complexity index is 312. The normalized spacial score (nSPS) is 9.58. The maximum absolute atomic E-state index is 11.0. The first-order valence-corrected chi connectivity index (χ1v) is 3.74. The van der Waals surface area contributed by atoms with Crippen LogP contribution in [0, 0.1) is 0 Å². The molecule has 0 aliphatic rings. The molecule has 12 heavy (non-hydrogen) atoms. The van der Waals surface area contributed by atoms with Gasteiger partial charge in [0.25, 0.3) is 0 Å². The van der Waals surface area contributed by atoms with Gasteiger partial charge in [0.2, 0.25) is 0 Å². The van der Waals surface area contributed by atoms with Gasteiger partial charge in [0.05, 0.1) is 12.1 Å². The minimum atomic E-state index is -0.158. The van der Waals surface area contributed by atoms with Crippen LogP contribution in [0.1, 0.15) is 17.4 Å². The molecule has 1 aromatic heterocycles. The zero-order valence-corrected chi connectivity index (χ0v) is 7.55. The number of rotatable bonds is 2. The maximum atomic E-state index is 11.0. The molecule has 0 radical (unpaired) electrons. The highest BCUT2D eigenvalue weighted by Gasteiger charge is 2.11. The quantitative estimate of drug-likeness (QED) is 0.661. The SMILES string of the molecule is COc1c(Cl)ccnc1C(C)=O. The van der Waals surface area contributed by atoms with Crippen LogP contribution in [0.4, 0.5) is 0 Å². The average Bonchev–Trinajstić information content (AvgIpc) is 2.03. The Labute approximate surface area is 75.3 Å². The van der Waals surface area contributed by atoms with Crippen LogP contribution in [0.3, 0.4) is 0 Å². The first kappa shape index (κ1) is 9.00. The van der Waals surface area contributed by atoms with E-state index in [1.807, 2.05) is 0 Å². The number of ether oxygens (including phenoxy) is 1. The second kappa shape index (κ2) is 3.54. The summed E-state index contributed by atoms with van der Waals surface area (Å²) in [6, 6.07) is 1.58. The maximum Gasteiger partial charge on any atom is 0.181 e. The zero-order chi connectivity index (χ0) is 9.14. The molecular weight excluding hydrogens is 178 g/mol. The van der Waals surface area contributed by atoms with Crippen molar-refractivity contribution >= 4 is 17.4 Å². The number of ketones is 1. The van der Waals surface area contributed by atoms with E-state index in [9.17, 15) is 4.79 Å². The number of carbonyl (C=O) groups excluding carboxylic acids is 1. The molecule has 1 aromatic rings. The molecule has 64 valence electrons. The van der Waals surface area contributed by atoms with Crippen LogP contribution in [0.2, 0.25) is 5.02 Å². The number of pyridine rings is 1. The van der Waals surface area contributed by atoms with E-state index in [1.165, 1.54) is 20.2 Å².